The highest BCUT2D eigenvalue weighted by atomic mass is 16.3. The van der Waals surface area contributed by atoms with Gasteiger partial charge in [0.05, 0.1) is 5.52 Å². The van der Waals surface area contributed by atoms with Crippen molar-refractivity contribution in [3.8, 4) is 0 Å². The topological polar surface area (TPSA) is 49.2 Å². The maximum absolute atomic E-state index is 9.18. The number of aromatic nitrogens is 2. The van der Waals surface area contributed by atoms with Gasteiger partial charge in [-0.05, 0) is 18.6 Å². The molecule has 0 bridgehead atoms. The van der Waals surface area contributed by atoms with Crippen molar-refractivity contribution >= 4 is 16.7 Å². The predicted octanol–water partition coefficient (Wildman–Crippen LogP) is 1.45. The highest BCUT2D eigenvalue weighted by molar-refractivity contribution is 5.89. The van der Waals surface area contributed by atoms with Crippen molar-refractivity contribution < 1.29 is 5.11 Å². The maximum atomic E-state index is 9.18. The van der Waals surface area contributed by atoms with Crippen LogP contribution in [0.1, 0.15) is 6.42 Å². The first-order chi connectivity index (χ1) is 8.38. The van der Waals surface area contributed by atoms with E-state index in [4.69, 9.17) is 0 Å². The van der Waals surface area contributed by atoms with Gasteiger partial charge in [0, 0.05) is 31.0 Å². The number of hydrogen-bond acceptors (Lipinski definition) is 4. The molecule has 1 aromatic heterocycles. The van der Waals surface area contributed by atoms with E-state index >= 15 is 0 Å². The Morgan fingerprint density at radius 3 is 3.00 bits per heavy atom. The smallest absolute Gasteiger partial charge is 0.139 e. The fourth-order valence-electron chi connectivity index (χ4n) is 2.42. The third-order valence-electron chi connectivity index (χ3n) is 3.37. The average Bonchev–Trinajstić information content (AvgIpc) is 2.87. The van der Waals surface area contributed by atoms with E-state index in [1.165, 1.54) is 0 Å². The number of aliphatic hydroxyl groups is 1. The second-order valence-corrected chi connectivity index (χ2v) is 4.50. The summed E-state index contributed by atoms with van der Waals surface area (Å²) in [5.41, 5.74) is 0.977. The van der Waals surface area contributed by atoms with Crippen molar-refractivity contribution in [2.45, 2.75) is 6.42 Å². The standard InChI is InChI=1S/C13H15N3O/c17-8-10-5-6-16(7-10)13-11-3-1-2-4-12(11)14-9-15-13/h1-4,9-10,17H,5-8H2. The molecule has 0 saturated carbocycles. The van der Waals surface area contributed by atoms with Gasteiger partial charge in [-0.3, -0.25) is 0 Å². The van der Waals surface area contributed by atoms with E-state index in [0.29, 0.717) is 5.92 Å². The van der Waals surface area contributed by atoms with Crippen LogP contribution in [0.4, 0.5) is 5.82 Å². The zero-order valence-corrected chi connectivity index (χ0v) is 9.58. The molecule has 2 aromatic rings. The number of fused-ring (bicyclic) bond motifs is 1. The Balaban J connectivity index is 2.00. The number of nitrogens with zero attached hydrogens (tertiary/aromatic N) is 3. The minimum Gasteiger partial charge on any atom is -0.396 e. The number of rotatable bonds is 2. The summed E-state index contributed by atoms with van der Waals surface area (Å²) < 4.78 is 0. The van der Waals surface area contributed by atoms with Gasteiger partial charge in [0.15, 0.2) is 0 Å². The number of anilines is 1. The van der Waals surface area contributed by atoms with E-state index < -0.39 is 0 Å². The van der Waals surface area contributed by atoms with Gasteiger partial charge in [0.2, 0.25) is 0 Å². The van der Waals surface area contributed by atoms with Gasteiger partial charge in [-0.1, -0.05) is 12.1 Å². The summed E-state index contributed by atoms with van der Waals surface area (Å²) in [6.07, 6.45) is 2.65. The van der Waals surface area contributed by atoms with E-state index in [2.05, 4.69) is 20.9 Å². The summed E-state index contributed by atoms with van der Waals surface area (Å²) in [5, 5.41) is 10.3. The number of hydrogen-bond donors (Lipinski definition) is 1. The molecule has 0 amide bonds. The number of para-hydroxylation sites is 1. The van der Waals surface area contributed by atoms with Gasteiger partial charge in [0.1, 0.15) is 12.1 Å². The average molecular weight is 229 g/mol. The summed E-state index contributed by atoms with van der Waals surface area (Å²) in [4.78, 5) is 10.9. The minimum atomic E-state index is 0.263. The predicted molar refractivity (Wildman–Crippen MR) is 66.9 cm³/mol. The van der Waals surface area contributed by atoms with Crippen LogP contribution in [0.5, 0.6) is 0 Å². The number of aliphatic hydroxyl groups excluding tert-OH is 1. The summed E-state index contributed by atoms with van der Waals surface area (Å²) in [5.74, 6) is 1.37. The zero-order chi connectivity index (χ0) is 11.7. The normalized spacial score (nSPS) is 20.1. The molecular formula is C13H15N3O. The van der Waals surface area contributed by atoms with E-state index in [9.17, 15) is 5.11 Å². The molecule has 17 heavy (non-hydrogen) atoms. The van der Waals surface area contributed by atoms with E-state index in [1.54, 1.807) is 6.33 Å². The van der Waals surface area contributed by atoms with E-state index in [1.807, 2.05) is 18.2 Å². The molecular weight excluding hydrogens is 214 g/mol. The summed E-state index contributed by atoms with van der Waals surface area (Å²) in [7, 11) is 0. The van der Waals surface area contributed by atoms with Gasteiger partial charge < -0.3 is 10.0 Å². The Morgan fingerprint density at radius 1 is 1.29 bits per heavy atom. The fourth-order valence-corrected chi connectivity index (χ4v) is 2.42. The Labute approximate surface area is 99.9 Å². The van der Waals surface area contributed by atoms with Crippen LogP contribution < -0.4 is 4.90 Å². The Morgan fingerprint density at radius 2 is 2.18 bits per heavy atom. The molecule has 1 aliphatic rings. The summed E-state index contributed by atoms with van der Waals surface area (Å²) in [6, 6.07) is 8.05. The Hall–Kier alpha value is -1.68. The molecule has 0 spiro atoms. The first-order valence-electron chi connectivity index (χ1n) is 5.94. The van der Waals surface area contributed by atoms with Crippen molar-refractivity contribution in [3.63, 3.8) is 0 Å². The van der Waals surface area contributed by atoms with E-state index in [0.717, 1.165) is 36.2 Å². The molecule has 0 radical (unpaired) electrons. The van der Waals surface area contributed by atoms with Crippen LogP contribution in [0, 0.1) is 5.92 Å². The molecule has 1 saturated heterocycles. The molecule has 4 heteroatoms. The van der Waals surface area contributed by atoms with Gasteiger partial charge in [-0.25, -0.2) is 9.97 Å². The molecule has 1 aromatic carbocycles. The second kappa shape index (κ2) is 4.30. The van der Waals surface area contributed by atoms with Crippen LogP contribution in [0.2, 0.25) is 0 Å². The van der Waals surface area contributed by atoms with Crippen LogP contribution in [0.15, 0.2) is 30.6 Å². The van der Waals surface area contributed by atoms with Gasteiger partial charge in [-0.15, -0.1) is 0 Å². The Kier molecular flexibility index (Phi) is 2.65. The molecule has 1 N–H and O–H groups in total. The molecule has 2 heterocycles. The first-order valence-corrected chi connectivity index (χ1v) is 5.94. The van der Waals surface area contributed by atoms with Gasteiger partial charge in [-0.2, -0.15) is 0 Å². The highest BCUT2D eigenvalue weighted by Crippen LogP contribution is 2.27. The Bertz CT molecular complexity index is 524. The third-order valence-corrected chi connectivity index (χ3v) is 3.37. The monoisotopic (exact) mass is 229 g/mol. The lowest BCUT2D eigenvalue weighted by Crippen LogP contribution is -2.22. The highest BCUT2D eigenvalue weighted by Gasteiger charge is 2.23. The van der Waals surface area contributed by atoms with Crippen molar-refractivity contribution in [1.82, 2.24) is 9.97 Å². The first kappa shape index (κ1) is 10.5. The maximum Gasteiger partial charge on any atom is 0.139 e. The molecule has 0 aliphatic carbocycles. The van der Waals surface area contributed by atoms with Crippen molar-refractivity contribution in [1.29, 1.82) is 0 Å². The van der Waals surface area contributed by atoms with Crippen molar-refractivity contribution in [2.24, 2.45) is 5.92 Å². The zero-order valence-electron chi connectivity index (χ0n) is 9.58. The van der Waals surface area contributed by atoms with Crippen LogP contribution in [0.25, 0.3) is 10.9 Å². The van der Waals surface area contributed by atoms with Gasteiger partial charge >= 0.3 is 0 Å². The minimum absolute atomic E-state index is 0.263. The van der Waals surface area contributed by atoms with Crippen LogP contribution in [0.3, 0.4) is 0 Å². The lowest BCUT2D eigenvalue weighted by Gasteiger charge is -2.18. The van der Waals surface area contributed by atoms with Crippen LogP contribution >= 0.6 is 0 Å². The molecule has 1 unspecified atom stereocenters. The molecule has 88 valence electrons. The molecule has 1 aliphatic heterocycles. The second-order valence-electron chi connectivity index (χ2n) is 4.50. The van der Waals surface area contributed by atoms with Gasteiger partial charge in [0.25, 0.3) is 0 Å². The summed E-state index contributed by atoms with van der Waals surface area (Å²) in [6.45, 7) is 2.11. The van der Waals surface area contributed by atoms with E-state index in [-0.39, 0.29) is 6.61 Å². The fraction of sp³-hybridized carbons (Fsp3) is 0.385. The summed E-state index contributed by atoms with van der Waals surface area (Å²) >= 11 is 0. The third kappa shape index (κ3) is 1.85. The lowest BCUT2D eigenvalue weighted by molar-refractivity contribution is 0.238. The van der Waals surface area contributed by atoms with Crippen LogP contribution in [-0.2, 0) is 0 Å². The van der Waals surface area contributed by atoms with Crippen molar-refractivity contribution in [2.75, 3.05) is 24.6 Å². The quantitative estimate of drug-likeness (QED) is 0.846. The molecule has 1 atom stereocenters. The van der Waals surface area contributed by atoms with Crippen molar-refractivity contribution in [3.05, 3.63) is 30.6 Å². The molecule has 4 nitrogen and oxygen atoms in total. The van der Waals surface area contributed by atoms with Crippen LogP contribution in [-0.4, -0.2) is 34.8 Å². The SMILES string of the molecule is OCC1CCN(c2ncnc3ccccc23)C1. The largest absolute Gasteiger partial charge is 0.396 e. The number of benzene rings is 1. The molecule has 1 fully saturated rings. The lowest BCUT2D eigenvalue weighted by atomic mass is 10.1. The molecule has 3 rings (SSSR count).